The van der Waals surface area contributed by atoms with Crippen LogP contribution in [0.1, 0.15) is 36.9 Å². The molecular weight excluding hydrogens is 302 g/mol. The number of aliphatic hydroxyl groups is 1. The third kappa shape index (κ3) is 4.86. The Bertz CT molecular complexity index is 574. The lowest BCUT2D eigenvalue weighted by Gasteiger charge is -2.25. The first-order valence-corrected chi connectivity index (χ1v) is 8.44. The van der Waals surface area contributed by atoms with E-state index in [2.05, 4.69) is 4.72 Å². The SMILES string of the molecule is CC(C)CC(C)(O)CNS(=O)(=O)c1csc(C(=O)O)c1. The fraction of sp³-hybridized carbons (Fsp3) is 0.583. The van der Waals surface area contributed by atoms with E-state index in [4.69, 9.17) is 5.11 Å². The second-order valence-electron chi connectivity index (χ2n) is 5.37. The van der Waals surface area contributed by atoms with E-state index in [9.17, 15) is 18.3 Å². The van der Waals surface area contributed by atoms with Gasteiger partial charge in [0.05, 0.1) is 10.5 Å². The molecule has 1 aromatic heterocycles. The van der Waals surface area contributed by atoms with Crippen molar-refractivity contribution >= 4 is 27.3 Å². The molecule has 0 fully saturated rings. The summed E-state index contributed by atoms with van der Waals surface area (Å²) in [5.74, 6) is -0.933. The predicted molar refractivity (Wildman–Crippen MR) is 76.5 cm³/mol. The maximum atomic E-state index is 12.0. The number of nitrogens with one attached hydrogen (secondary N) is 1. The second kappa shape index (κ2) is 6.21. The molecule has 0 saturated carbocycles. The second-order valence-corrected chi connectivity index (χ2v) is 8.05. The van der Waals surface area contributed by atoms with Crippen LogP contribution in [0, 0.1) is 5.92 Å². The zero-order chi connectivity index (χ0) is 15.6. The zero-order valence-corrected chi connectivity index (χ0v) is 13.2. The molecule has 0 aromatic carbocycles. The molecule has 1 aromatic rings. The summed E-state index contributed by atoms with van der Waals surface area (Å²) in [5, 5.41) is 20.1. The number of carboxylic acid groups (broad SMARTS) is 1. The smallest absolute Gasteiger partial charge is 0.345 e. The van der Waals surface area contributed by atoms with Gasteiger partial charge < -0.3 is 10.2 Å². The molecule has 0 radical (unpaired) electrons. The van der Waals surface area contributed by atoms with Gasteiger partial charge in [0, 0.05) is 11.9 Å². The first-order chi connectivity index (χ1) is 9.03. The lowest BCUT2D eigenvalue weighted by atomic mass is 9.95. The predicted octanol–water partition coefficient (Wildman–Crippen LogP) is 1.52. The molecule has 1 atom stereocenters. The minimum Gasteiger partial charge on any atom is -0.477 e. The Labute approximate surface area is 122 Å². The summed E-state index contributed by atoms with van der Waals surface area (Å²) in [7, 11) is -3.80. The summed E-state index contributed by atoms with van der Waals surface area (Å²) >= 11 is 0.847. The molecule has 6 nitrogen and oxygen atoms in total. The Morgan fingerprint density at radius 1 is 1.50 bits per heavy atom. The van der Waals surface area contributed by atoms with E-state index >= 15 is 0 Å². The molecule has 0 saturated heterocycles. The van der Waals surface area contributed by atoms with Gasteiger partial charge in [-0.2, -0.15) is 0 Å². The number of carboxylic acids is 1. The van der Waals surface area contributed by atoms with E-state index in [1.165, 1.54) is 5.38 Å². The lowest BCUT2D eigenvalue weighted by molar-refractivity contribution is 0.0436. The van der Waals surface area contributed by atoms with E-state index in [0.717, 1.165) is 17.4 Å². The quantitative estimate of drug-likeness (QED) is 0.706. The molecule has 1 heterocycles. The van der Waals surface area contributed by atoms with Gasteiger partial charge in [-0.25, -0.2) is 17.9 Å². The molecular formula is C12H19NO5S2. The molecule has 8 heteroatoms. The minimum absolute atomic E-state index is 0.0423. The van der Waals surface area contributed by atoms with Crippen LogP contribution in [-0.4, -0.2) is 36.7 Å². The van der Waals surface area contributed by atoms with Gasteiger partial charge in [0.25, 0.3) is 0 Å². The van der Waals surface area contributed by atoms with E-state index in [-0.39, 0.29) is 22.2 Å². The van der Waals surface area contributed by atoms with Crippen molar-refractivity contribution in [3.05, 3.63) is 16.3 Å². The van der Waals surface area contributed by atoms with Crippen LogP contribution in [0.25, 0.3) is 0 Å². The number of hydrogen-bond donors (Lipinski definition) is 3. The van der Waals surface area contributed by atoms with Crippen molar-refractivity contribution in [1.82, 2.24) is 4.72 Å². The Morgan fingerprint density at radius 3 is 2.55 bits per heavy atom. The van der Waals surface area contributed by atoms with Gasteiger partial charge >= 0.3 is 5.97 Å². The van der Waals surface area contributed by atoms with Gasteiger partial charge in [-0.1, -0.05) is 13.8 Å². The van der Waals surface area contributed by atoms with Crippen LogP contribution in [0.3, 0.4) is 0 Å². The zero-order valence-electron chi connectivity index (χ0n) is 11.6. The molecule has 0 bridgehead atoms. The monoisotopic (exact) mass is 321 g/mol. The number of rotatable bonds is 7. The van der Waals surface area contributed by atoms with E-state index < -0.39 is 21.6 Å². The molecule has 1 rings (SSSR count). The lowest BCUT2D eigenvalue weighted by Crippen LogP contribution is -2.41. The third-order valence-corrected chi connectivity index (χ3v) is 5.04. The standard InChI is InChI=1S/C12H19NO5S2/c1-8(2)5-12(3,16)7-13-20(17,18)9-4-10(11(14)15)19-6-9/h4,6,8,13,16H,5,7H2,1-3H3,(H,14,15). The van der Waals surface area contributed by atoms with E-state index in [0.29, 0.717) is 6.42 Å². The minimum atomic E-state index is -3.80. The molecule has 1 unspecified atom stereocenters. The highest BCUT2D eigenvalue weighted by atomic mass is 32.2. The van der Waals surface area contributed by atoms with Crippen LogP contribution < -0.4 is 4.72 Å². The highest BCUT2D eigenvalue weighted by molar-refractivity contribution is 7.89. The molecule has 0 spiro atoms. The molecule has 3 N–H and O–H groups in total. The van der Waals surface area contributed by atoms with Gasteiger partial charge in [-0.3, -0.25) is 0 Å². The van der Waals surface area contributed by atoms with Gasteiger partial charge in [0.15, 0.2) is 0 Å². The first-order valence-electron chi connectivity index (χ1n) is 6.07. The summed E-state index contributed by atoms with van der Waals surface area (Å²) in [5.41, 5.74) is -1.15. The van der Waals surface area contributed by atoms with Gasteiger partial charge in [-0.05, 0) is 25.3 Å². The molecule has 114 valence electrons. The maximum absolute atomic E-state index is 12.0. The van der Waals surface area contributed by atoms with Crippen LogP contribution in [0.2, 0.25) is 0 Å². The first kappa shape index (κ1) is 17.1. The van der Waals surface area contributed by atoms with Gasteiger partial charge in [0.2, 0.25) is 10.0 Å². The van der Waals surface area contributed by atoms with Crippen LogP contribution in [0.15, 0.2) is 16.3 Å². The number of thiophene rings is 1. The average Bonchev–Trinajstić information content (AvgIpc) is 2.75. The van der Waals surface area contributed by atoms with Gasteiger partial charge in [0.1, 0.15) is 4.88 Å². The van der Waals surface area contributed by atoms with Gasteiger partial charge in [-0.15, -0.1) is 11.3 Å². The fourth-order valence-electron chi connectivity index (χ4n) is 1.86. The number of carbonyl (C=O) groups is 1. The van der Waals surface area contributed by atoms with Crippen molar-refractivity contribution in [2.45, 2.75) is 37.7 Å². The van der Waals surface area contributed by atoms with Crippen molar-refractivity contribution in [2.75, 3.05) is 6.54 Å². The Kier molecular flexibility index (Phi) is 5.31. The number of hydrogen-bond acceptors (Lipinski definition) is 5. The largest absolute Gasteiger partial charge is 0.477 e. The summed E-state index contributed by atoms with van der Waals surface area (Å²) in [6, 6.07) is 1.10. The van der Waals surface area contributed by atoms with Crippen molar-refractivity contribution < 1.29 is 23.4 Å². The maximum Gasteiger partial charge on any atom is 0.345 e. The van der Waals surface area contributed by atoms with Crippen LogP contribution in [-0.2, 0) is 10.0 Å². The fourth-order valence-corrected chi connectivity index (χ4v) is 4.13. The van der Waals surface area contributed by atoms with Crippen LogP contribution >= 0.6 is 11.3 Å². The topological polar surface area (TPSA) is 104 Å². The summed E-state index contributed by atoms with van der Waals surface area (Å²) in [6.45, 7) is 5.31. The van der Waals surface area contributed by atoms with E-state index in [1.807, 2.05) is 13.8 Å². The summed E-state index contributed by atoms with van der Waals surface area (Å²) < 4.78 is 26.3. The number of aromatic carboxylic acids is 1. The van der Waals surface area contributed by atoms with Crippen LogP contribution in [0.4, 0.5) is 0 Å². The Balaban J connectivity index is 2.77. The highest BCUT2D eigenvalue weighted by Crippen LogP contribution is 2.20. The summed E-state index contributed by atoms with van der Waals surface area (Å²) in [6.07, 6.45) is 0.458. The summed E-state index contributed by atoms with van der Waals surface area (Å²) in [4.78, 5) is 10.6. The normalized spacial score (nSPS) is 15.2. The van der Waals surface area contributed by atoms with Crippen molar-refractivity contribution in [1.29, 1.82) is 0 Å². The molecule has 0 aliphatic carbocycles. The molecule has 20 heavy (non-hydrogen) atoms. The van der Waals surface area contributed by atoms with Crippen LogP contribution in [0.5, 0.6) is 0 Å². The third-order valence-electron chi connectivity index (χ3n) is 2.59. The Hall–Kier alpha value is -0.960. The molecule has 0 amide bonds. The van der Waals surface area contributed by atoms with Crippen molar-refractivity contribution in [3.8, 4) is 0 Å². The van der Waals surface area contributed by atoms with Crippen molar-refractivity contribution in [3.63, 3.8) is 0 Å². The van der Waals surface area contributed by atoms with Crippen molar-refractivity contribution in [2.24, 2.45) is 5.92 Å². The van der Waals surface area contributed by atoms with E-state index in [1.54, 1.807) is 6.92 Å². The molecule has 0 aliphatic heterocycles. The Morgan fingerprint density at radius 2 is 2.10 bits per heavy atom. The molecule has 0 aliphatic rings. The number of sulfonamides is 1. The average molecular weight is 321 g/mol. The highest BCUT2D eigenvalue weighted by Gasteiger charge is 2.26.